The number of hydrogen-bond acceptors (Lipinski definition) is 0. The third kappa shape index (κ3) is 21.3. The quantitative estimate of drug-likeness (QED) is 0.397. The van der Waals surface area contributed by atoms with Gasteiger partial charge in [-0.25, -0.2) is 15.1 Å². The van der Waals surface area contributed by atoms with E-state index in [0.29, 0.717) is 0 Å². The second-order valence-corrected chi connectivity index (χ2v) is 0.355. The molecule has 0 spiro atoms. The van der Waals surface area contributed by atoms with E-state index < -0.39 is 6.08 Å². The first-order chi connectivity index (χ1) is 3.27. The molecule has 0 saturated heterocycles. The van der Waals surface area contributed by atoms with Crippen molar-refractivity contribution in [3.63, 3.8) is 0 Å². The van der Waals surface area contributed by atoms with Crippen LogP contribution in [0.1, 0.15) is 0 Å². The van der Waals surface area contributed by atoms with Gasteiger partial charge in [-0.2, -0.15) is 0 Å². The van der Waals surface area contributed by atoms with Crippen molar-refractivity contribution in [3.8, 4) is 0 Å². The molecule has 0 aromatic rings. The van der Waals surface area contributed by atoms with Gasteiger partial charge in [0.1, 0.15) is 6.08 Å². The molecule has 5 heteroatoms. The second kappa shape index (κ2) is 9.67. The normalized spacial score (nSPS) is 6.00. The van der Waals surface area contributed by atoms with Crippen LogP contribution in [0.5, 0.6) is 0 Å². The summed E-state index contributed by atoms with van der Waals surface area (Å²) in [5.74, 6) is 0. The first kappa shape index (κ1) is 10.4. The van der Waals surface area contributed by atoms with Crippen molar-refractivity contribution in [1.82, 2.24) is 0 Å². The summed E-state index contributed by atoms with van der Waals surface area (Å²) < 4.78 is 30.5. The molecule has 0 rings (SSSR count). The van der Waals surface area contributed by atoms with E-state index in [4.69, 9.17) is 9.69 Å². The molecular formula is C2ClF3Zn. The Morgan fingerprint density at radius 3 is 1.57 bits per heavy atom. The number of hydrogen-bond donors (Lipinski definition) is 0. The Hall–Kier alpha value is 0.443. The Kier molecular flexibility index (Phi) is 14.4. The molecule has 7 heavy (non-hydrogen) atoms. The van der Waals surface area contributed by atoms with Crippen molar-refractivity contribution in [2.45, 2.75) is 0 Å². The molecule has 0 aromatic heterocycles. The Morgan fingerprint density at radius 2 is 1.57 bits per heavy atom. The predicted molar refractivity (Wildman–Crippen MR) is 15.9 cm³/mol. The van der Waals surface area contributed by atoms with Gasteiger partial charge < -0.3 is 4.39 Å². The van der Waals surface area contributed by atoms with Gasteiger partial charge >= 0.3 is 27.0 Å². The predicted octanol–water partition coefficient (Wildman–Crippen LogP) is 2.18. The van der Waals surface area contributed by atoms with Crippen LogP contribution in [0.15, 0.2) is 6.08 Å². The van der Waals surface area contributed by atoms with E-state index >= 15 is 0 Å². The summed E-state index contributed by atoms with van der Waals surface area (Å²) in [6.07, 6.45) is -2.30. The van der Waals surface area contributed by atoms with Crippen molar-refractivity contribution in [2.24, 2.45) is 0 Å². The van der Waals surface area contributed by atoms with E-state index in [0.717, 1.165) is 17.3 Å². The molecular weight excluding hydrogens is 182 g/mol. The number of halogens is 4. The summed E-state index contributed by atoms with van der Waals surface area (Å²) in [6, 6.07) is 0. The van der Waals surface area contributed by atoms with Gasteiger partial charge in [0, 0.05) is 0 Å². The molecule has 0 nitrogen and oxygen atoms in total. The summed E-state index contributed by atoms with van der Waals surface area (Å²) in [7, 11) is 4.76. The average molecular weight is 182 g/mol. The molecule has 0 aromatic carbocycles. The molecule has 0 fully saturated rings. The summed E-state index contributed by atoms with van der Waals surface area (Å²) in [5, 5.41) is 0. The molecule has 0 bridgehead atoms. The second-order valence-electron chi connectivity index (χ2n) is 0.355. The van der Waals surface area contributed by atoms with Gasteiger partial charge in [0.2, 0.25) is 0 Å². The van der Waals surface area contributed by atoms with Gasteiger partial charge in [-0.1, -0.05) is 0 Å². The maximum atomic E-state index is 10.2. The van der Waals surface area contributed by atoms with Gasteiger partial charge in [-0.15, -0.1) is 0 Å². The first-order valence-electron chi connectivity index (χ1n) is 1.08. The standard InChI is InChI=1S/C2F3.ClH.Zn/c3-1-2(4)5;;/h;1H;/q-1;;+2/p-1. The fourth-order valence-corrected chi connectivity index (χ4v) is 0. The van der Waals surface area contributed by atoms with E-state index in [1.54, 1.807) is 0 Å². The SMILES string of the molecule is F[C-]=C(F)F.[Cl][Zn+]. The van der Waals surface area contributed by atoms with E-state index in [2.05, 4.69) is 0 Å². The van der Waals surface area contributed by atoms with Gasteiger partial charge in [-0.3, -0.25) is 0 Å². The maximum absolute atomic E-state index is 10.2. The molecule has 0 saturated carbocycles. The summed E-state index contributed by atoms with van der Waals surface area (Å²) in [6.45, 7) is 0. The fraction of sp³-hybridized carbons (Fsp3) is 0. The third-order valence-electron chi connectivity index (χ3n) is 0.0714. The van der Waals surface area contributed by atoms with Crippen LogP contribution in [-0.4, -0.2) is 0 Å². The van der Waals surface area contributed by atoms with E-state index in [1.165, 1.54) is 0 Å². The minimum atomic E-state index is -2.41. The van der Waals surface area contributed by atoms with Crippen molar-refractivity contribution in [1.29, 1.82) is 0 Å². The topological polar surface area (TPSA) is 0 Å². The van der Waals surface area contributed by atoms with Crippen molar-refractivity contribution < 1.29 is 30.5 Å². The van der Waals surface area contributed by atoms with Gasteiger partial charge in [-0.05, 0) is 0 Å². The van der Waals surface area contributed by atoms with Gasteiger partial charge in [0.25, 0.3) is 0 Å². The van der Waals surface area contributed by atoms with Crippen LogP contribution in [0.3, 0.4) is 0 Å². The molecule has 0 radical (unpaired) electrons. The number of rotatable bonds is 0. The molecule has 38 valence electrons. The first-order valence-corrected chi connectivity index (χ1v) is 4.98. The molecule has 0 amide bonds. The Morgan fingerprint density at radius 1 is 1.43 bits per heavy atom. The van der Waals surface area contributed by atoms with Crippen LogP contribution in [0.25, 0.3) is 0 Å². The van der Waals surface area contributed by atoms with Crippen molar-refractivity contribution >= 4 is 9.69 Å². The fourth-order valence-electron chi connectivity index (χ4n) is 0. The van der Waals surface area contributed by atoms with Crippen molar-refractivity contribution in [2.75, 3.05) is 0 Å². The summed E-state index contributed by atoms with van der Waals surface area (Å²) in [5.41, 5.74) is 0. The molecule has 0 atom stereocenters. The molecule has 0 aliphatic carbocycles. The summed E-state index contributed by atoms with van der Waals surface area (Å²) in [4.78, 5) is 0. The minimum absolute atomic E-state index is 0.111. The van der Waals surface area contributed by atoms with Crippen LogP contribution in [0.4, 0.5) is 13.2 Å². The Labute approximate surface area is 53.1 Å². The average Bonchev–Trinajstić information content (AvgIpc) is 1.73. The van der Waals surface area contributed by atoms with E-state index in [-0.39, 0.29) is 6.33 Å². The van der Waals surface area contributed by atoms with Crippen molar-refractivity contribution in [3.05, 3.63) is 12.4 Å². The zero-order chi connectivity index (χ0) is 6.28. The zero-order valence-corrected chi connectivity index (χ0v) is 6.94. The van der Waals surface area contributed by atoms with Gasteiger partial charge in [0.15, 0.2) is 0 Å². The Balaban J connectivity index is 0. The van der Waals surface area contributed by atoms with E-state index in [1.807, 2.05) is 0 Å². The van der Waals surface area contributed by atoms with Crippen LogP contribution >= 0.6 is 9.69 Å². The van der Waals surface area contributed by atoms with Gasteiger partial charge in [0.05, 0.1) is 0 Å². The molecule has 0 N–H and O–H groups in total. The molecule has 0 aliphatic heterocycles. The Bertz CT molecular complexity index is 50.9. The summed E-state index contributed by atoms with van der Waals surface area (Å²) >= 11 is 0.847. The van der Waals surface area contributed by atoms with Crippen LogP contribution in [0.2, 0.25) is 0 Å². The van der Waals surface area contributed by atoms with Crippen LogP contribution in [0, 0.1) is 6.33 Å². The van der Waals surface area contributed by atoms with Crippen LogP contribution < -0.4 is 0 Å². The monoisotopic (exact) mass is 180 g/mol. The molecule has 0 heterocycles. The zero-order valence-electron chi connectivity index (χ0n) is 3.22. The molecule has 0 unspecified atom stereocenters. The third-order valence-corrected chi connectivity index (χ3v) is 0.0714. The van der Waals surface area contributed by atoms with E-state index in [9.17, 15) is 13.2 Å². The van der Waals surface area contributed by atoms with Crippen LogP contribution in [-0.2, 0) is 17.3 Å². The molecule has 0 aliphatic rings.